The van der Waals surface area contributed by atoms with Crippen LogP contribution in [0.15, 0.2) is 0 Å². The van der Waals surface area contributed by atoms with E-state index in [1.165, 1.54) is 0 Å². The summed E-state index contributed by atoms with van der Waals surface area (Å²) < 4.78 is 10.7. The molecule has 2 heterocycles. The minimum Gasteiger partial charge on any atom is -0.373 e. The third kappa shape index (κ3) is 1.47. The van der Waals surface area contributed by atoms with Gasteiger partial charge in [-0.3, -0.25) is 0 Å². The zero-order chi connectivity index (χ0) is 9.42. The monoisotopic (exact) mass is 189 g/mol. The van der Waals surface area contributed by atoms with Gasteiger partial charge in [0.15, 0.2) is 6.10 Å². The van der Waals surface area contributed by atoms with Gasteiger partial charge in [0.2, 0.25) is 0 Å². The highest BCUT2D eigenvalue weighted by Crippen LogP contribution is 2.32. The largest absolute Gasteiger partial charge is 0.373 e. The number of rotatable bonds is 2. The molecule has 0 radical (unpaired) electrons. The van der Waals surface area contributed by atoms with Crippen molar-refractivity contribution in [1.29, 1.82) is 0 Å². The van der Waals surface area contributed by atoms with Gasteiger partial charge in [0.25, 0.3) is 5.09 Å². The van der Waals surface area contributed by atoms with Crippen molar-refractivity contribution in [2.75, 3.05) is 13.2 Å². The highest BCUT2D eigenvalue weighted by atomic mass is 17.0. The molecule has 0 N–H and O–H groups in total. The van der Waals surface area contributed by atoms with Crippen LogP contribution >= 0.6 is 0 Å². The van der Waals surface area contributed by atoms with E-state index in [-0.39, 0.29) is 18.8 Å². The Hall–Kier alpha value is -0.880. The lowest BCUT2D eigenvalue weighted by Gasteiger charge is -2.13. The Labute approximate surface area is 74.9 Å². The Morgan fingerprint density at radius 2 is 2.08 bits per heavy atom. The molecule has 74 valence electrons. The van der Waals surface area contributed by atoms with Crippen LogP contribution in [0.1, 0.15) is 6.92 Å². The Morgan fingerprint density at radius 3 is 2.77 bits per heavy atom. The first-order chi connectivity index (χ1) is 6.18. The van der Waals surface area contributed by atoms with E-state index >= 15 is 0 Å². The molecule has 0 aromatic heterocycles. The van der Waals surface area contributed by atoms with Crippen molar-refractivity contribution in [3.8, 4) is 0 Å². The Bertz CT molecular complexity index is 221. The van der Waals surface area contributed by atoms with E-state index in [0.29, 0.717) is 12.5 Å². The number of ether oxygens (including phenoxy) is 2. The zero-order valence-corrected chi connectivity index (χ0v) is 7.21. The van der Waals surface area contributed by atoms with E-state index < -0.39 is 11.2 Å². The minimum atomic E-state index is -0.789. The fourth-order valence-corrected chi connectivity index (χ4v) is 1.86. The summed E-state index contributed by atoms with van der Waals surface area (Å²) in [6, 6.07) is 0. The second-order valence-electron chi connectivity index (χ2n) is 3.44. The molecule has 0 bridgehead atoms. The summed E-state index contributed by atoms with van der Waals surface area (Å²) in [6.07, 6.45) is -0.852. The molecule has 2 fully saturated rings. The van der Waals surface area contributed by atoms with Crippen LogP contribution in [0.2, 0.25) is 0 Å². The molecule has 0 aliphatic carbocycles. The van der Waals surface area contributed by atoms with Crippen LogP contribution in [-0.4, -0.2) is 36.6 Å². The van der Waals surface area contributed by atoms with Crippen molar-refractivity contribution in [2.45, 2.75) is 25.2 Å². The first-order valence-corrected chi connectivity index (χ1v) is 4.23. The lowest BCUT2D eigenvalue weighted by atomic mass is 10.0. The molecule has 1 unspecified atom stereocenters. The van der Waals surface area contributed by atoms with Crippen LogP contribution in [0.3, 0.4) is 0 Å². The lowest BCUT2D eigenvalue weighted by Crippen LogP contribution is -2.32. The summed E-state index contributed by atoms with van der Waals surface area (Å²) in [7, 11) is 0. The van der Waals surface area contributed by atoms with Gasteiger partial charge in [0.1, 0.15) is 6.10 Å². The first kappa shape index (κ1) is 8.71. The van der Waals surface area contributed by atoms with Crippen molar-refractivity contribution in [1.82, 2.24) is 0 Å². The summed E-state index contributed by atoms with van der Waals surface area (Å²) in [5.74, 6) is 0.297. The third-order valence-electron chi connectivity index (χ3n) is 2.48. The first-order valence-electron chi connectivity index (χ1n) is 4.23. The van der Waals surface area contributed by atoms with E-state index in [1.807, 2.05) is 6.92 Å². The topological polar surface area (TPSA) is 70.8 Å². The number of nitrogens with zero attached hydrogens (tertiary/aromatic N) is 1. The quantitative estimate of drug-likeness (QED) is 0.451. The van der Waals surface area contributed by atoms with Crippen LogP contribution in [0, 0.1) is 16.0 Å². The van der Waals surface area contributed by atoms with E-state index in [1.54, 1.807) is 0 Å². The number of hydrogen-bond donors (Lipinski definition) is 0. The molecule has 13 heavy (non-hydrogen) atoms. The van der Waals surface area contributed by atoms with Crippen molar-refractivity contribution >= 4 is 0 Å². The fraction of sp³-hybridized carbons (Fsp3) is 1.00. The number of hydrogen-bond acceptors (Lipinski definition) is 5. The van der Waals surface area contributed by atoms with Crippen molar-refractivity contribution in [2.24, 2.45) is 5.92 Å². The summed E-state index contributed by atoms with van der Waals surface area (Å²) in [6.45, 7) is 2.84. The molecule has 2 aliphatic rings. The molecule has 4 atom stereocenters. The average molecular weight is 189 g/mol. The van der Waals surface area contributed by atoms with E-state index in [2.05, 4.69) is 4.84 Å². The molecule has 6 heteroatoms. The van der Waals surface area contributed by atoms with Gasteiger partial charge in [-0.25, -0.2) is 0 Å². The Kier molecular flexibility index (Phi) is 2.09. The van der Waals surface area contributed by atoms with Gasteiger partial charge in [-0.2, -0.15) is 0 Å². The highest BCUT2D eigenvalue weighted by Gasteiger charge is 2.47. The van der Waals surface area contributed by atoms with Crippen LogP contribution in [-0.2, 0) is 14.3 Å². The molecule has 2 saturated heterocycles. The molecule has 2 rings (SSSR count). The molecule has 6 nitrogen and oxygen atoms in total. The van der Waals surface area contributed by atoms with Gasteiger partial charge in [-0.05, 0) is 0 Å². The maximum Gasteiger partial charge on any atom is 0.294 e. The van der Waals surface area contributed by atoms with Gasteiger partial charge >= 0.3 is 0 Å². The van der Waals surface area contributed by atoms with Crippen LogP contribution < -0.4 is 0 Å². The van der Waals surface area contributed by atoms with Gasteiger partial charge in [0.05, 0.1) is 19.3 Å². The molecular weight excluding hydrogens is 178 g/mol. The maximum absolute atomic E-state index is 10.1. The molecule has 0 aromatic carbocycles. The van der Waals surface area contributed by atoms with Gasteiger partial charge in [0, 0.05) is 5.92 Å². The zero-order valence-electron chi connectivity index (χ0n) is 7.21. The molecule has 0 amide bonds. The summed E-state index contributed by atoms with van der Waals surface area (Å²) in [5.41, 5.74) is 0. The van der Waals surface area contributed by atoms with Crippen molar-refractivity contribution in [3.63, 3.8) is 0 Å². The van der Waals surface area contributed by atoms with Gasteiger partial charge in [-0.1, -0.05) is 6.92 Å². The summed E-state index contributed by atoms with van der Waals surface area (Å²) in [4.78, 5) is 14.5. The van der Waals surface area contributed by atoms with Gasteiger partial charge in [-0.15, -0.1) is 10.1 Å². The second kappa shape index (κ2) is 3.12. The highest BCUT2D eigenvalue weighted by molar-refractivity contribution is 4.92. The normalized spacial score (nSPS) is 43.2. The Morgan fingerprint density at radius 1 is 1.38 bits per heavy atom. The fourth-order valence-electron chi connectivity index (χ4n) is 1.86. The van der Waals surface area contributed by atoms with Gasteiger partial charge < -0.3 is 14.3 Å². The van der Waals surface area contributed by atoms with Crippen LogP contribution in [0.4, 0.5) is 0 Å². The minimum absolute atomic E-state index is 0.0371. The van der Waals surface area contributed by atoms with E-state index in [4.69, 9.17) is 9.47 Å². The van der Waals surface area contributed by atoms with Crippen molar-refractivity contribution < 1.29 is 19.4 Å². The molecular formula is C7H11NO5. The lowest BCUT2D eigenvalue weighted by molar-refractivity contribution is -0.769. The van der Waals surface area contributed by atoms with Crippen LogP contribution in [0.25, 0.3) is 0 Å². The predicted octanol–water partition coefficient (Wildman–Crippen LogP) is -0.00300. The predicted molar refractivity (Wildman–Crippen MR) is 40.5 cm³/mol. The van der Waals surface area contributed by atoms with E-state index in [9.17, 15) is 10.1 Å². The second-order valence-corrected chi connectivity index (χ2v) is 3.44. The summed E-state index contributed by atoms with van der Waals surface area (Å²) in [5, 5.41) is 9.31. The third-order valence-corrected chi connectivity index (χ3v) is 2.48. The molecule has 0 spiro atoms. The standard InChI is InChI=1S/C7H11NO5/c1-4-2-11-7-5(13-8(9)10)3-12-6(4)7/h4-7H,2-3H2,1H3/t4?,5-,6-,7-/m1/s1. The SMILES string of the molecule is CC1CO[C@H]2[C@@H]1OC[C@H]2O[N+](=O)[O-]. The average Bonchev–Trinajstić information content (AvgIpc) is 2.56. The van der Waals surface area contributed by atoms with E-state index in [0.717, 1.165) is 0 Å². The maximum atomic E-state index is 10.1. The molecule has 2 aliphatic heterocycles. The number of fused-ring (bicyclic) bond motifs is 1. The molecule has 0 aromatic rings. The van der Waals surface area contributed by atoms with Crippen LogP contribution in [0.5, 0.6) is 0 Å². The smallest absolute Gasteiger partial charge is 0.294 e. The van der Waals surface area contributed by atoms with Crippen molar-refractivity contribution in [3.05, 3.63) is 10.1 Å². The summed E-state index contributed by atoms with van der Waals surface area (Å²) >= 11 is 0. The molecule has 0 saturated carbocycles. The Balaban J connectivity index is 1.98.